The number of aromatic hydroxyl groups is 2. The van der Waals surface area contributed by atoms with E-state index in [-0.39, 0.29) is 11.3 Å². The van der Waals surface area contributed by atoms with E-state index < -0.39 is 17.6 Å². The molecule has 0 amide bonds. The van der Waals surface area contributed by atoms with Crippen LogP contribution in [0, 0.1) is 0 Å². The van der Waals surface area contributed by atoms with Gasteiger partial charge in [-0.05, 0) is 19.1 Å². The molecular formula is C9H9BrO4. The Kier molecular flexibility index (Phi) is 3.00. The Labute approximate surface area is 88.9 Å². The molecule has 1 atom stereocenters. The number of hydrogen-bond donors (Lipinski definition) is 3. The molecule has 76 valence electrons. The highest BCUT2D eigenvalue weighted by atomic mass is 79.9. The van der Waals surface area contributed by atoms with Crippen molar-refractivity contribution < 1.29 is 20.1 Å². The van der Waals surface area contributed by atoms with Gasteiger partial charge in [-0.15, -0.1) is 0 Å². The molecule has 14 heavy (non-hydrogen) atoms. The van der Waals surface area contributed by atoms with Crippen molar-refractivity contribution in [1.82, 2.24) is 0 Å². The molecule has 1 aromatic rings. The minimum Gasteiger partial charge on any atom is -0.504 e. The summed E-state index contributed by atoms with van der Waals surface area (Å²) in [5.74, 6) is -2.66. The van der Waals surface area contributed by atoms with Crippen LogP contribution in [0.1, 0.15) is 18.4 Å². The second-order valence-corrected chi connectivity index (χ2v) is 3.74. The van der Waals surface area contributed by atoms with Gasteiger partial charge in [-0.25, -0.2) is 0 Å². The molecule has 0 aliphatic carbocycles. The summed E-state index contributed by atoms with van der Waals surface area (Å²) in [7, 11) is 0. The van der Waals surface area contributed by atoms with Crippen molar-refractivity contribution in [2.75, 3.05) is 0 Å². The molecule has 1 rings (SSSR count). The number of benzene rings is 1. The lowest BCUT2D eigenvalue weighted by Gasteiger charge is -2.12. The van der Waals surface area contributed by atoms with E-state index in [4.69, 9.17) is 5.11 Å². The molecule has 3 N–H and O–H groups in total. The second-order valence-electron chi connectivity index (χ2n) is 2.89. The second kappa shape index (κ2) is 3.88. The first-order valence-electron chi connectivity index (χ1n) is 3.88. The van der Waals surface area contributed by atoms with Crippen LogP contribution in [0.2, 0.25) is 0 Å². The third-order valence-electron chi connectivity index (χ3n) is 1.95. The molecule has 0 bridgehead atoms. The van der Waals surface area contributed by atoms with Gasteiger partial charge in [-0.2, -0.15) is 0 Å². The summed E-state index contributed by atoms with van der Waals surface area (Å²) < 4.78 is 0.461. The van der Waals surface area contributed by atoms with E-state index in [9.17, 15) is 15.0 Å². The quantitative estimate of drug-likeness (QED) is 0.712. The summed E-state index contributed by atoms with van der Waals surface area (Å²) in [6.45, 7) is 1.43. The third-order valence-corrected chi connectivity index (χ3v) is 2.64. The molecule has 0 heterocycles. The van der Waals surface area contributed by atoms with Gasteiger partial charge in [0, 0.05) is 10.0 Å². The topological polar surface area (TPSA) is 77.8 Å². The maximum Gasteiger partial charge on any atom is 0.310 e. The SMILES string of the molecule is CC(C(=O)O)c1c(Br)ccc(O)c1O. The summed E-state index contributed by atoms with van der Waals surface area (Å²) in [5.41, 5.74) is 0.178. The van der Waals surface area contributed by atoms with E-state index >= 15 is 0 Å². The van der Waals surface area contributed by atoms with Gasteiger partial charge in [0.25, 0.3) is 0 Å². The Hall–Kier alpha value is -1.23. The Bertz CT molecular complexity index is 375. The molecule has 1 aromatic carbocycles. The van der Waals surface area contributed by atoms with Crippen molar-refractivity contribution in [3.8, 4) is 11.5 Å². The van der Waals surface area contributed by atoms with Gasteiger partial charge >= 0.3 is 5.97 Å². The number of carboxylic acids is 1. The number of carbonyl (C=O) groups is 1. The first-order chi connectivity index (χ1) is 6.45. The Morgan fingerprint density at radius 2 is 2.00 bits per heavy atom. The molecule has 1 unspecified atom stereocenters. The Morgan fingerprint density at radius 1 is 1.43 bits per heavy atom. The maximum absolute atomic E-state index is 10.7. The highest BCUT2D eigenvalue weighted by Gasteiger charge is 2.22. The van der Waals surface area contributed by atoms with E-state index in [0.717, 1.165) is 0 Å². The van der Waals surface area contributed by atoms with Crippen molar-refractivity contribution in [3.63, 3.8) is 0 Å². The number of phenolic OH excluding ortho intramolecular Hbond substituents is 2. The number of halogens is 1. The van der Waals surface area contributed by atoms with Gasteiger partial charge < -0.3 is 15.3 Å². The fourth-order valence-electron chi connectivity index (χ4n) is 1.11. The molecule has 0 spiro atoms. The van der Waals surface area contributed by atoms with E-state index in [0.29, 0.717) is 4.47 Å². The zero-order valence-corrected chi connectivity index (χ0v) is 8.95. The van der Waals surface area contributed by atoms with Crippen molar-refractivity contribution >= 4 is 21.9 Å². The number of hydrogen-bond acceptors (Lipinski definition) is 3. The van der Waals surface area contributed by atoms with Crippen LogP contribution in [0.25, 0.3) is 0 Å². The smallest absolute Gasteiger partial charge is 0.310 e. The van der Waals surface area contributed by atoms with Gasteiger partial charge in [0.15, 0.2) is 11.5 Å². The zero-order valence-electron chi connectivity index (χ0n) is 7.36. The molecule has 0 aromatic heterocycles. The first kappa shape index (κ1) is 10.8. The molecule has 0 radical (unpaired) electrons. The largest absolute Gasteiger partial charge is 0.504 e. The van der Waals surface area contributed by atoms with Crippen LogP contribution in [0.15, 0.2) is 16.6 Å². The summed E-state index contributed by atoms with van der Waals surface area (Å²) in [6, 6.07) is 2.78. The van der Waals surface area contributed by atoms with Crippen LogP contribution in [-0.4, -0.2) is 21.3 Å². The average Bonchev–Trinajstić information content (AvgIpc) is 2.12. The summed E-state index contributed by atoms with van der Waals surface area (Å²) in [4.78, 5) is 10.7. The summed E-state index contributed by atoms with van der Waals surface area (Å²) in [5, 5.41) is 27.4. The predicted octanol–water partition coefficient (Wildman–Crippen LogP) is 2.05. The Balaban J connectivity index is 3.32. The van der Waals surface area contributed by atoms with Crippen molar-refractivity contribution in [1.29, 1.82) is 0 Å². The van der Waals surface area contributed by atoms with E-state index in [1.54, 1.807) is 0 Å². The van der Waals surface area contributed by atoms with Crippen LogP contribution in [0.5, 0.6) is 11.5 Å². The maximum atomic E-state index is 10.7. The number of phenols is 2. The normalized spacial score (nSPS) is 12.4. The lowest BCUT2D eigenvalue weighted by molar-refractivity contribution is -0.138. The minimum atomic E-state index is -1.06. The highest BCUT2D eigenvalue weighted by molar-refractivity contribution is 9.10. The number of aliphatic carboxylic acids is 1. The fraction of sp³-hybridized carbons (Fsp3) is 0.222. The summed E-state index contributed by atoms with van der Waals surface area (Å²) >= 11 is 3.12. The first-order valence-corrected chi connectivity index (χ1v) is 4.67. The van der Waals surface area contributed by atoms with Crippen LogP contribution >= 0.6 is 15.9 Å². The van der Waals surface area contributed by atoms with Crippen LogP contribution in [-0.2, 0) is 4.79 Å². The highest BCUT2D eigenvalue weighted by Crippen LogP contribution is 2.38. The molecule has 0 aliphatic rings. The average molecular weight is 261 g/mol. The van der Waals surface area contributed by atoms with E-state index in [2.05, 4.69) is 15.9 Å². The number of rotatable bonds is 2. The number of carboxylic acid groups (broad SMARTS) is 1. The Morgan fingerprint density at radius 3 is 2.50 bits per heavy atom. The fourth-order valence-corrected chi connectivity index (χ4v) is 1.77. The van der Waals surface area contributed by atoms with Crippen molar-refractivity contribution in [3.05, 3.63) is 22.2 Å². The van der Waals surface area contributed by atoms with Gasteiger partial charge in [0.05, 0.1) is 5.92 Å². The van der Waals surface area contributed by atoms with Gasteiger partial charge in [0.1, 0.15) is 0 Å². The van der Waals surface area contributed by atoms with Crippen molar-refractivity contribution in [2.45, 2.75) is 12.8 Å². The monoisotopic (exact) mass is 260 g/mol. The molecule has 0 aliphatic heterocycles. The van der Waals surface area contributed by atoms with Gasteiger partial charge in [0.2, 0.25) is 0 Å². The minimum absolute atomic E-state index is 0.178. The lowest BCUT2D eigenvalue weighted by Crippen LogP contribution is -2.08. The predicted molar refractivity (Wildman–Crippen MR) is 53.5 cm³/mol. The molecule has 0 fully saturated rings. The zero-order chi connectivity index (χ0) is 10.9. The van der Waals surface area contributed by atoms with Gasteiger partial charge in [-0.3, -0.25) is 4.79 Å². The van der Waals surface area contributed by atoms with E-state index in [1.165, 1.54) is 19.1 Å². The van der Waals surface area contributed by atoms with Gasteiger partial charge in [-0.1, -0.05) is 15.9 Å². The van der Waals surface area contributed by atoms with Crippen LogP contribution < -0.4 is 0 Å². The molecule has 4 nitrogen and oxygen atoms in total. The lowest BCUT2D eigenvalue weighted by atomic mass is 10.00. The summed E-state index contributed by atoms with van der Waals surface area (Å²) in [6.07, 6.45) is 0. The standard InChI is InChI=1S/C9H9BrO4/c1-4(9(13)14)7-5(10)2-3-6(11)8(7)12/h2-4,11-12H,1H3,(H,13,14). The molecule has 0 saturated carbocycles. The van der Waals surface area contributed by atoms with E-state index in [1.807, 2.05) is 0 Å². The molecular weight excluding hydrogens is 252 g/mol. The third kappa shape index (κ3) is 1.82. The van der Waals surface area contributed by atoms with Crippen molar-refractivity contribution in [2.24, 2.45) is 0 Å². The van der Waals surface area contributed by atoms with Crippen LogP contribution in [0.4, 0.5) is 0 Å². The molecule has 5 heteroatoms. The van der Waals surface area contributed by atoms with Crippen LogP contribution in [0.3, 0.4) is 0 Å². The molecule has 0 saturated heterocycles.